The highest BCUT2D eigenvalue weighted by molar-refractivity contribution is 7.80. The Bertz CT molecular complexity index is 217. The molecule has 0 heterocycles. The number of thiocarbonyl (C=S) groups is 1. The Labute approximate surface area is 85.3 Å². The van der Waals surface area contributed by atoms with E-state index in [1.54, 1.807) is 0 Å². The number of hydrogen-bond acceptors (Lipinski definition) is 1. The van der Waals surface area contributed by atoms with Gasteiger partial charge in [-0.2, -0.15) is 0 Å². The third-order valence-corrected chi connectivity index (χ3v) is 3.92. The summed E-state index contributed by atoms with van der Waals surface area (Å²) in [5.74, 6) is 2.77. The molecule has 0 aliphatic heterocycles. The molecule has 0 aromatic carbocycles. The van der Waals surface area contributed by atoms with Gasteiger partial charge in [-0.05, 0) is 56.2 Å². The molecule has 0 radical (unpaired) electrons. The van der Waals surface area contributed by atoms with Gasteiger partial charge in [-0.1, -0.05) is 6.42 Å². The zero-order valence-corrected chi connectivity index (χ0v) is 8.94. The van der Waals surface area contributed by atoms with Gasteiger partial charge in [0.1, 0.15) is 0 Å². The molecule has 4 atom stereocenters. The topological polar surface area (TPSA) is 38.0 Å². The Morgan fingerprint density at radius 1 is 1.46 bits per heavy atom. The third-order valence-electron chi connectivity index (χ3n) is 3.80. The summed E-state index contributed by atoms with van der Waals surface area (Å²) >= 11 is 4.86. The second-order valence-electron chi connectivity index (χ2n) is 4.64. The minimum absolute atomic E-state index is 0.454. The first kappa shape index (κ1) is 9.25. The molecule has 2 rings (SSSR count). The summed E-state index contributed by atoms with van der Waals surface area (Å²) in [6.07, 6.45) is 5.73. The second kappa shape index (κ2) is 3.45. The second-order valence-corrected chi connectivity index (χ2v) is 5.08. The average Bonchev–Trinajstić information content (AvgIpc) is 2.62. The Hall–Kier alpha value is -0.310. The molecule has 0 aromatic heterocycles. The third kappa shape index (κ3) is 1.80. The van der Waals surface area contributed by atoms with Crippen molar-refractivity contribution in [3.63, 3.8) is 0 Å². The minimum atomic E-state index is 0.454. The molecule has 74 valence electrons. The smallest absolute Gasteiger partial charge is 0.163 e. The highest BCUT2D eigenvalue weighted by Crippen LogP contribution is 2.49. The summed E-state index contributed by atoms with van der Waals surface area (Å²) in [7, 11) is 0. The monoisotopic (exact) mass is 198 g/mol. The van der Waals surface area contributed by atoms with E-state index in [0.717, 1.165) is 17.8 Å². The molecule has 2 saturated carbocycles. The van der Waals surface area contributed by atoms with E-state index >= 15 is 0 Å². The Morgan fingerprint density at radius 2 is 2.23 bits per heavy atom. The van der Waals surface area contributed by atoms with Crippen molar-refractivity contribution >= 4 is 17.3 Å². The van der Waals surface area contributed by atoms with Crippen LogP contribution in [-0.4, -0.2) is 11.2 Å². The summed E-state index contributed by atoms with van der Waals surface area (Å²) in [6, 6.07) is 0.479. The Morgan fingerprint density at radius 3 is 2.69 bits per heavy atom. The molecule has 13 heavy (non-hydrogen) atoms. The quantitative estimate of drug-likeness (QED) is 0.663. The van der Waals surface area contributed by atoms with Gasteiger partial charge in [0, 0.05) is 6.04 Å². The first-order chi connectivity index (χ1) is 6.16. The van der Waals surface area contributed by atoms with Gasteiger partial charge in [-0.3, -0.25) is 0 Å². The summed E-state index contributed by atoms with van der Waals surface area (Å²) in [5, 5.41) is 3.63. The normalized spacial score (nSPS) is 39.0. The van der Waals surface area contributed by atoms with Crippen molar-refractivity contribution in [2.24, 2.45) is 23.5 Å². The van der Waals surface area contributed by atoms with E-state index in [2.05, 4.69) is 12.2 Å². The molecule has 3 heteroatoms. The highest BCUT2D eigenvalue weighted by atomic mass is 32.1. The van der Waals surface area contributed by atoms with Crippen LogP contribution in [0.15, 0.2) is 0 Å². The highest BCUT2D eigenvalue weighted by Gasteiger charge is 2.41. The molecule has 2 bridgehead atoms. The van der Waals surface area contributed by atoms with Crippen LogP contribution in [0.4, 0.5) is 0 Å². The van der Waals surface area contributed by atoms with E-state index in [1.807, 2.05) is 0 Å². The molecule has 0 amide bonds. The Kier molecular flexibility index (Phi) is 2.45. The number of nitrogens with two attached hydrogens (primary N) is 1. The van der Waals surface area contributed by atoms with Gasteiger partial charge < -0.3 is 11.1 Å². The number of nitrogens with one attached hydrogen (secondary N) is 1. The maximum absolute atomic E-state index is 5.48. The van der Waals surface area contributed by atoms with E-state index in [-0.39, 0.29) is 0 Å². The van der Waals surface area contributed by atoms with Gasteiger partial charge in [0.05, 0.1) is 0 Å². The molecule has 0 spiro atoms. The first-order valence-electron chi connectivity index (χ1n) is 5.22. The van der Waals surface area contributed by atoms with Crippen LogP contribution >= 0.6 is 12.2 Å². The van der Waals surface area contributed by atoms with Gasteiger partial charge in [0.15, 0.2) is 5.11 Å². The molecular weight excluding hydrogens is 180 g/mol. The first-order valence-corrected chi connectivity index (χ1v) is 5.63. The lowest BCUT2D eigenvalue weighted by Gasteiger charge is -2.28. The predicted octanol–water partition coefficient (Wildman–Crippen LogP) is 1.64. The molecule has 0 aromatic rings. The maximum atomic E-state index is 5.48. The number of fused-ring (bicyclic) bond motifs is 2. The molecule has 3 N–H and O–H groups in total. The number of hydrogen-bond donors (Lipinski definition) is 2. The van der Waals surface area contributed by atoms with Gasteiger partial charge in [0.2, 0.25) is 0 Å². The lowest BCUT2D eigenvalue weighted by molar-refractivity contribution is 0.279. The van der Waals surface area contributed by atoms with Gasteiger partial charge in [-0.15, -0.1) is 0 Å². The molecule has 2 aliphatic carbocycles. The lowest BCUT2D eigenvalue weighted by Crippen LogP contribution is -2.42. The minimum Gasteiger partial charge on any atom is -0.376 e. The van der Waals surface area contributed by atoms with Crippen LogP contribution in [0.5, 0.6) is 0 Å². The van der Waals surface area contributed by atoms with Crippen LogP contribution < -0.4 is 11.1 Å². The van der Waals surface area contributed by atoms with Crippen molar-refractivity contribution in [2.75, 3.05) is 0 Å². The molecule has 2 aliphatic rings. The maximum Gasteiger partial charge on any atom is 0.163 e. The van der Waals surface area contributed by atoms with E-state index in [4.69, 9.17) is 18.0 Å². The largest absolute Gasteiger partial charge is 0.376 e. The molecule has 2 unspecified atom stereocenters. The summed E-state index contributed by atoms with van der Waals surface area (Å²) in [5.41, 5.74) is 5.48. The predicted molar refractivity (Wildman–Crippen MR) is 58.3 cm³/mol. The fourth-order valence-corrected chi connectivity index (χ4v) is 3.42. The zero-order chi connectivity index (χ0) is 9.42. The standard InChI is InChI=1S/C10H18N2S/c1-6(12-10(11)13)9-5-7-2-3-8(9)4-7/h6-9H,2-5H2,1H3,(H3,11,12,13)/t6?,7-,8+,9?/m0/s1. The van der Waals surface area contributed by atoms with Crippen LogP contribution in [0, 0.1) is 17.8 Å². The fraction of sp³-hybridized carbons (Fsp3) is 0.900. The van der Waals surface area contributed by atoms with Crippen LogP contribution in [0.2, 0.25) is 0 Å². The van der Waals surface area contributed by atoms with Gasteiger partial charge in [0.25, 0.3) is 0 Å². The summed E-state index contributed by atoms with van der Waals surface area (Å²) in [4.78, 5) is 0. The number of rotatable bonds is 2. The lowest BCUT2D eigenvalue weighted by atomic mass is 9.84. The summed E-state index contributed by atoms with van der Waals surface area (Å²) < 4.78 is 0. The van der Waals surface area contributed by atoms with Crippen LogP contribution in [0.3, 0.4) is 0 Å². The van der Waals surface area contributed by atoms with Gasteiger partial charge in [-0.25, -0.2) is 0 Å². The van der Waals surface area contributed by atoms with Crippen molar-refractivity contribution in [3.8, 4) is 0 Å². The van der Waals surface area contributed by atoms with Crippen molar-refractivity contribution < 1.29 is 0 Å². The van der Waals surface area contributed by atoms with Crippen LogP contribution in [0.25, 0.3) is 0 Å². The van der Waals surface area contributed by atoms with Crippen LogP contribution in [0.1, 0.15) is 32.6 Å². The van der Waals surface area contributed by atoms with E-state index in [1.165, 1.54) is 25.7 Å². The van der Waals surface area contributed by atoms with E-state index in [0.29, 0.717) is 11.2 Å². The van der Waals surface area contributed by atoms with Gasteiger partial charge >= 0.3 is 0 Å². The van der Waals surface area contributed by atoms with Crippen molar-refractivity contribution in [3.05, 3.63) is 0 Å². The average molecular weight is 198 g/mol. The fourth-order valence-electron chi connectivity index (χ4n) is 3.24. The van der Waals surface area contributed by atoms with Crippen LogP contribution in [-0.2, 0) is 0 Å². The SMILES string of the molecule is CC(NC(N)=S)C1C[C@H]2CC[C@@H]1C2. The van der Waals surface area contributed by atoms with Crippen molar-refractivity contribution in [2.45, 2.75) is 38.6 Å². The van der Waals surface area contributed by atoms with E-state index < -0.39 is 0 Å². The zero-order valence-electron chi connectivity index (χ0n) is 8.12. The summed E-state index contributed by atoms with van der Waals surface area (Å²) in [6.45, 7) is 2.21. The van der Waals surface area contributed by atoms with E-state index in [9.17, 15) is 0 Å². The molecule has 2 fully saturated rings. The molecule has 2 nitrogen and oxygen atoms in total. The molecular formula is C10H18N2S. The van der Waals surface area contributed by atoms with Crippen molar-refractivity contribution in [1.29, 1.82) is 0 Å². The molecule has 0 saturated heterocycles. The van der Waals surface area contributed by atoms with Crippen molar-refractivity contribution in [1.82, 2.24) is 5.32 Å². The Balaban J connectivity index is 1.91.